The third-order valence-electron chi connectivity index (χ3n) is 11.2. The fraction of sp³-hybridized carbons (Fsp3) is 0. The molecule has 2 aromatic heterocycles. The Bertz CT molecular complexity index is 3560. The van der Waals surface area contributed by atoms with E-state index < -0.39 is 0 Å². The Kier molecular flexibility index (Phi) is 6.31. The monoisotopic (exact) mass is 699 g/mol. The number of aromatic nitrogens is 3. The minimum atomic E-state index is 0.564. The van der Waals surface area contributed by atoms with Gasteiger partial charge in [-0.1, -0.05) is 152 Å². The first-order valence-corrected chi connectivity index (χ1v) is 18.6. The maximum Gasteiger partial charge on any atom is 0.167 e. The summed E-state index contributed by atoms with van der Waals surface area (Å²) in [5.74, 6) is 1.79. The number of fused-ring (bicyclic) bond motifs is 13. The second kappa shape index (κ2) is 11.5. The van der Waals surface area contributed by atoms with E-state index in [4.69, 9.17) is 19.4 Å². The molecule has 12 aromatic rings. The van der Waals surface area contributed by atoms with E-state index in [1.54, 1.807) is 0 Å². The average Bonchev–Trinajstić information content (AvgIpc) is 3.66. The lowest BCUT2D eigenvalue weighted by molar-refractivity contribution is 0.673. The number of hydrogen-bond donors (Lipinski definition) is 0. The zero-order valence-corrected chi connectivity index (χ0v) is 29.5. The normalized spacial score (nSPS) is 12.0. The van der Waals surface area contributed by atoms with Crippen molar-refractivity contribution in [2.24, 2.45) is 0 Å². The highest BCUT2D eigenvalue weighted by Gasteiger charge is 2.23. The molecule has 0 saturated heterocycles. The van der Waals surface area contributed by atoms with Crippen LogP contribution >= 0.6 is 0 Å². The van der Waals surface area contributed by atoms with Gasteiger partial charge in [-0.15, -0.1) is 0 Å². The fourth-order valence-corrected chi connectivity index (χ4v) is 8.65. The summed E-state index contributed by atoms with van der Waals surface area (Å²) in [6.45, 7) is 0. The Morgan fingerprint density at radius 3 is 1.65 bits per heavy atom. The van der Waals surface area contributed by atoms with Gasteiger partial charge in [-0.05, 0) is 78.1 Å². The SMILES string of the molecule is c1ccc2cc(-c3nc(-c4cc5ccccc5c5ccccc45)nc(-c4cc5ccc6ccccc6c5c5c4oc4c6ccccc6ccc45)n3)ccc2c1. The van der Waals surface area contributed by atoms with Crippen molar-refractivity contribution in [3.05, 3.63) is 176 Å². The zero-order chi connectivity index (χ0) is 36.0. The molecule has 0 saturated carbocycles. The van der Waals surface area contributed by atoms with Crippen LogP contribution in [0.2, 0.25) is 0 Å². The molecule has 0 aliphatic heterocycles. The third-order valence-corrected chi connectivity index (χ3v) is 11.2. The van der Waals surface area contributed by atoms with Gasteiger partial charge in [0.1, 0.15) is 11.2 Å². The molecule has 0 bridgehead atoms. The van der Waals surface area contributed by atoms with Crippen LogP contribution < -0.4 is 0 Å². The predicted molar refractivity (Wildman–Crippen MR) is 228 cm³/mol. The van der Waals surface area contributed by atoms with Crippen LogP contribution in [0.25, 0.3) is 121 Å². The molecule has 4 nitrogen and oxygen atoms in total. The average molecular weight is 700 g/mol. The first kappa shape index (κ1) is 30.1. The smallest absolute Gasteiger partial charge is 0.167 e. The van der Waals surface area contributed by atoms with Gasteiger partial charge in [0, 0.05) is 32.7 Å². The van der Waals surface area contributed by atoms with E-state index in [1.165, 1.54) is 21.5 Å². The molecule has 0 fully saturated rings. The number of nitrogens with zero attached hydrogens (tertiary/aromatic N) is 3. The molecule has 12 rings (SSSR count). The highest BCUT2D eigenvalue weighted by molar-refractivity contribution is 6.31. The maximum absolute atomic E-state index is 7.08. The molecular formula is C51H29N3O. The van der Waals surface area contributed by atoms with Gasteiger partial charge in [0.25, 0.3) is 0 Å². The molecule has 0 amide bonds. The molecule has 0 radical (unpaired) electrons. The lowest BCUT2D eigenvalue weighted by atomic mass is 9.94. The number of rotatable bonds is 3. The highest BCUT2D eigenvalue weighted by atomic mass is 16.3. The molecule has 10 aromatic carbocycles. The van der Waals surface area contributed by atoms with Gasteiger partial charge in [0.2, 0.25) is 0 Å². The van der Waals surface area contributed by atoms with Crippen LogP contribution in [0.3, 0.4) is 0 Å². The van der Waals surface area contributed by atoms with Gasteiger partial charge in [-0.2, -0.15) is 0 Å². The quantitative estimate of drug-likeness (QED) is 0.172. The van der Waals surface area contributed by atoms with Crippen LogP contribution in [0.4, 0.5) is 0 Å². The first-order chi connectivity index (χ1) is 27.2. The van der Waals surface area contributed by atoms with Crippen LogP contribution in [0.15, 0.2) is 180 Å². The molecule has 254 valence electrons. The van der Waals surface area contributed by atoms with Gasteiger partial charge in [0.15, 0.2) is 17.5 Å². The Balaban J connectivity index is 1.22. The molecule has 4 heteroatoms. The minimum Gasteiger partial charge on any atom is -0.455 e. The van der Waals surface area contributed by atoms with Crippen LogP contribution in [0.1, 0.15) is 0 Å². The Morgan fingerprint density at radius 1 is 0.291 bits per heavy atom. The summed E-state index contributed by atoms with van der Waals surface area (Å²) in [4.78, 5) is 16.0. The van der Waals surface area contributed by atoms with Crippen molar-refractivity contribution in [2.45, 2.75) is 0 Å². The summed E-state index contributed by atoms with van der Waals surface area (Å²) >= 11 is 0. The third kappa shape index (κ3) is 4.55. The van der Waals surface area contributed by atoms with E-state index in [-0.39, 0.29) is 0 Å². The van der Waals surface area contributed by atoms with E-state index in [0.717, 1.165) is 81.7 Å². The van der Waals surface area contributed by atoms with Crippen LogP contribution in [-0.4, -0.2) is 15.0 Å². The molecule has 2 heterocycles. The zero-order valence-electron chi connectivity index (χ0n) is 29.5. The van der Waals surface area contributed by atoms with Crippen molar-refractivity contribution < 1.29 is 4.42 Å². The predicted octanol–water partition coefficient (Wildman–Crippen LogP) is 13.7. The molecule has 0 unspecified atom stereocenters. The van der Waals surface area contributed by atoms with Crippen molar-refractivity contribution >= 4 is 86.6 Å². The maximum atomic E-state index is 7.08. The number of benzene rings is 10. The van der Waals surface area contributed by atoms with Gasteiger partial charge in [-0.3, -0.25) is 0 Å². The second-order valence-electron chi connectivity index (χ2n) is 14.3. The molecular weight excluding hydrogens is 671 g/mol. The van der Waals surface area contributed by atoms with Gasteiger partial charge in [-0.25, -0.2) is 15.0 Å². The van der Waals surface area contributed by atoms with E-state index in [1.807, 2.05) is 0 Å². The molecule has 55 heavy (non-hydrogen) atoms. The Labute approximate surface area is 315 Å². The van der Waals surface area contributed by atoms with Crippen molar-refractivity contribution in [2.75, 3.05) is 0 Å². The van der Waals surface area contributed by atoms with Crippen molar-refractivity contribution in [3.8, 4) is 34.2 Å². The van der Waals surface area contributed by atoms with Gasteiger partial charge in [0.05, 0.1) is 5.56 Å². The van der Waals surface area contributed by atoms with Gasteiger partial charge >= 0.3 is 0 Å². The van der Waals surface area contributed by atoms with Gasteiger partial charge < -0.3 is 4.42 Å². The first-order valence-electron chi connectivity index (χ1n) is 18.6. The summed E-state index contributed by atoms with van der Waals surface area (Å²) < 4.78 is 7.08. The summed E-state index contributed by atoms with van der Waals surface area (Å²) in [6.07, 6.45) is 0. The van der Waals surface area contributed by atoms with Crippen molar-refractivity contribution in [3.63, 3.8) is 0 Å². The molecule has 0 aliphatic rings. The molecule has 0 aliphatic carbocycles. The van der Waals surface area contributed by atoms with Crippen LogP contribution in [0, 0.1) is 0 Å². The lowest BCUT2D eigenvalue weighted by Crippen LogP contribution is -2.01. The summed E-state index contributed by atoms with van der Waals surface area (Å²) in [6, 6.07) is 62.1. The summed E-state index contributed by atoms with van der Waals surface area (Å²) in [5, 5.41) is 15.9. The standard InChI is InChI=1S/C51H29N3O/c1-2-14-33-27-36(24-21-30(33)11-1)49-52-50(43-28-34-15-5-6-16-37(34)40-19-9-10-20-41(40)43)54-51(53-49)44-29-35-23-22-31-12-3-7-17-38(31)45(35)46-42-26-25-32-13-4-8-18-39(32)47(42)55-48(44)46/h1-29H. The van der Waals surface area contributed by atoms with Crippen LogP contribution in [-0.2, 0) is 0 Å². The largest absolute Gasteiger partial charge is 0.455 e. The van der Waals surface area contributed by atoms with Crippen molar-refractivity contribution in [1.29, 1.82) is 0 Å². The lowest BCUT2D eigenvalue weighted by Gasteiger charge is -2.13. The Hall–Kier alpha value is -7.43. The van der Waals surface area contributed by atoms with E-state index in [2.05, 4.69) is 176 Å². The van der Waals surface area contributed by atoms with E-state index in [9.17, 15) is 0 Å². The van der Waals surface area contributed by atoms with E-state index in [0.29, 0.717) is 17.5 Å². The summed E-state index contributed by atoms with van der Waals surface area (Å²) in [5.41, 5.74) is 4.33. The molecule has 0 N–H and O–H groups in total. The number of hydrogen-bond acceptors (Lipinski definition) is 4. The molecule has 0 atom stereocenters. The van der Waals surface area contributed by atoms with Crippen LogP contribution in [0.5, 0.6) is 0 Å². The topological polar surface area (TPSA) is 51.8 Å². The fourth-order valence-electron chi connectivity index (χ4n) is 8.65. The second-order valence-corrected chi connectivity index (χ2v) is 14.3. The van der Waals surface area contributed by atoms with E-state index >= 15 is 0 Å². The molecule has 0 spiro atoms. The highest BCUT2D eigenvalue weighted by Crippen LogP contribution is 2.45. The minimum absolute atomic E-state index is 0.564. The van der Waals surface area contributed by atoms with Crippen molar-refractivity contribution in [1.82, 2.24) is 15.0 Å². The summed E-state index contributed by atoms with van der Waals surface area (Å²) in [7, 11) is 0. The number of furan rings is 1. The Morgan fingerprint density at radius 2 is 0.836 bits per heavy atom.